The van der Waals surface area contributed by atoms with E-state index in [-0.39, 0.29) is 5.56 Å². The molecule has 2 aromatic carbocycles. The van der Waals surface area contributed by atoms with Gasteiger partial charge < -0.3 is 25.0 Å². The molecule has 0 atom stereocenters. The van der Waals surface area contributed by atoms with Crippen LogP contribution >= 0.6 is 0 Å². The van der Waals surface area contributed by atoms with E-state index in [1.54, 1.807) is 24.0 Å². The third-order valence-electron chi connectivity index (χ3n) is 10.6. The smallest absolute Gasteiger partial charge is 0.258 e. The molecule has 6 rings (SSSR count). The SMILES string of the molecule is CC/C=C(/Nc1cnn(C)c1)c1ncc(C#Cc2cc(C(=O)Nc3cc(N4CCC(N5CCN(C)CC5)CC4)cc(C(C)(C)C#N)c3)c(F)cc2C)n1C. The Morgan fingerprint density at radius 1 is 0.981 bits per heavy atom. The second kappa shape index (κ2) is 16.3. The predicted octanol–water partition coefficient (Wildman–Crippen LogP) is 6.13. The molecular weight excluding hydrogens is 680 g/mol. The van der Waals surface area contributed by atoms with Gasteiger partial charge in [0.1, 0.15) is 11.5 Å². The van der Waals surface area contributed by atoms with E-state index in [2.05, 4.69) is 79.4 Å². The fourth-order valence-electron chi connectivity index (χ4n) is 7.10. The van der Waals surface area contributed by atoms with Gasteiger partial charge >= 0.3 is 0 Å². The molecule has 2 saturated heterocycles. The topological polar surface area (TPSA) is 110 Å². The number of nitrogens with one attached hydrogen (secondary N) is 2. The minimum absolute atomic E-state index is 0.107. The molecule has 4 aromatic rings. The Labute approximate surface area is 318 Å². The normalized spacial score (nSPS) is 16.1. The summed E-state index contributed by atoms with van der Waals surface area (Å²) in [4.78, 5) is 25.7. The Morgan fingerprint density at radius 3 is 2.39 bits per heavy atom. The lowest BCUT2D eigenvalue weighted by Crippen LogP contribution is -2.52. The van der Waals surface area contributed by atoms with Gasteiger partial charge in [0.25, 0.3) is 5.91 Å². The number of nitrogens with zero attached hydrogens (tertiary/aromatic N) is 8. The molecule has 1 amide bonds. The van der Waals surface area contributed by atoms with Crippen molar-refractivity contribution in [2.45, 2.75) is 58.4 Å². The summed E-state index contributed by atoms with van der Waals surface area (Å²) in [5.74, 6) is 5.82. The Hall–Kier alpha value is -5.43. The molecule has 2 aliphatic heterocycles. The number of carbonyl (C=O) groups is 1. The van der Waals surface area contributed by atoms with Gasteiger partial charge in [0.05, 0.1) is 40.8 Å². The third kappa shape index (κ3) is 8.68. The number of anilines is 3. The highest BCUT2D eigenvalue weighted by molar-refractivity contribution is 6.05. The van der Waals surface area contributed by atoms with Crippen molar-refractivity contribution in [2.24, 2.45) is 14.1 Å². The number of carbonyl (C=O) groups excluding carboxylic acids is 1. The zero-order valence-corrected chi connectivity index (χ0v) is 32.5. The van der Waals surface area contributed by atoms with Gasteiger partial charge in [0, 0.05) is 82.5 Å². The standard InChI is InChI=1S/C42H51FN10O/c1-8-9-39(47-33-25-46-50(6)27-33)40-45-26-35(51(40)7)11-10-30-21-37(38(43)20-29(30)2)41(54)48-32-22-31(42(3,4)28-44)23-36(24-32)52-14-12-34(13-15-52)53-18-16-49(5)17-19-53/h9,20-27,34,47H,8,12-19H2,1-7H3,(H,48,54)/b39-9+. The Balaban J connectivity index is 1.21. The second-order valence-corrected chi connectivity index (χ2v) is 15.0. The van der Waals surface area contributed by atoms with Crippen LogP contribution < -0.4 is 15.5 Å². The lowest BCUT2D eigenvalue weighted by atomic mass is 9.85. The maximum Gasteiger partial charge on any atom is 0.258 e. The van der Waals surface area contributed by atoms with E-state index in [4.69, 9.17) is 0 Å². The molecule has 282 valence electrons. The molecule has 0 unspecified atom stereocenters. The fraction of sp³-hybridized carbons (Fsp3) is 0.429. The summed E-state index contributed by atoms with van der Waals surface area (Å²) in [7, 11) is 5.93. The monoisotopic (exact) mass is 730 g/mol. The molecule has 0 saturated carbocycles. The van der Waals surface area contributed by atoms with Crippen molar-refractivity contribution in [2.75, 3.05) is 61.8 Å². The summed E-state index contributed by atoms with van der Waals surface area (Å²) in [6, 6.07) is 11.6. The number of rotatable bonds is 9. The second-order valence-electron chi connectivity index (χ2n) is 15.0. The number of hydrogen-bond donors (Lipinski definition) is 2. The zero-order chi connectivity index (χ0) is 38.6. The number of piperazine rings is 1. The van der Waals surface area contributed by atoms with Crippen molar-refractivity contribution in [1.29, 1.82) is 5.26 Å². The quantitative estimate of drug-likeness (QED) is 0.198. The first-order valence-corrected chi connectivity index (χ1v) is 18.7. The summed E-state index contributed by atoms with van der Waals surface area (Å²) in [5.41, 5.74) is 4.84. The molecule has 2 aromatic heterocycles. The van der Waals surface area contributed by atoms with Crippen molar-refractivity contribution < 1.29 is 9.18 Å². The van der Waals surface area contributed by atoms with Crippen LogP contribution in [0.1, 0.15) is 78.6 Å². The molecule has 2 aliphatic rings. The van der Waals surface area contributed by atoms with Crippen LogP contribution in [0.5, 0.6) is 0 Å². The summed E-state index contributed by atoms with van der Waals surface area (Å²) in [6.07, 6.45) is 10.3. The first-order valence-electron chi connectivity index (χ1n) is 18.7. The predicted molar refractivity (Wildman–Crippen MR) is 213 cm³/mol. The summed E-state index contributed by atoms with van der Waals surface area (Å²) >= 11 is 0. The van der Waals surface area contributed by atoms with Crippen LogP contribution in [-0.4, -0.2) is 87.4 Å². The van der Waals surface area contributed by atoms with Crippen molar-refractivity contribution in [3.63, 3.8) is 0 Å². The number of imidazole rings is 1. The van der Waals surface area contributed by atoms with Gasteiger partial charge in [-0.15, -0.1) is 0 Å². The minimum Gasteiger partial charge on any atom is -0.371 e. The number of likely N-dealkylation sites (N-methyl/N-ethyl adjacent to an activating group) is 1. The number of amides is 1. The highest BCUT2D eigenvalue weighted by Crippen LogP contribution is 2.33. The van der Waals surface area contributed by atoms with Crippen LogP contribution in [0.2, 0.25) is 0 Å². The van der Waals surface area contributed by atoms with Crippen LogP contribution in [0.25, 0.3) is 5.70 Å². The summed E-state index contributed by atoms with van der Waals surface area (Å²) < 4.78 is 19.1. The Morgan fingerprint density at radius 2 is 1.72 bits per heavy atom. The van der Waals surface area contributed by atoms with E-state index in [9.17, 15) is 10.1 Å². The van der Waals surface area contributed by atoms with E-state index in [0.29, 0.717) is 34.4 Å². The molecule has 0 radical (unpaired) electrons. The van der Waals surface area contributed by atoms with Crippen molar-refractivity contribution in [1.82, 2.24) is 29.1 Å². The van der Waals surface area contributed by atoms with Crippen molar-refractivity contribution in [3.8, 4) is 17.9 Å². The van der Waals surface area contributed by atoms with Crippen molar-refractivity contribution in [3.05, 3.63) is 94.6 Å². The van der Waals surface area contributed by atoms with Crippen LogP contribution in [0.3, 0.4) is 0 Å². The molecule has 0 spiro atoms. The van der Waals surface area contributed by atoms with E-state index < -0.39 is 17.1 Å². The number of aromatic nitrogens is 4. The number of aryl methyl sites for hydroxylation is 2. The Kier molecular flexibility index (Phi) is 11.6. The molecule has 0 aliphatic carbocycles. The highest BCUT2D eigenvalue weighted by Gasteiger charge is 2.29. The minimum atomic E-state index is -0.793. The maximum absolute atomic E-state index is 15.5. The molecule has 11 nitrogen and oxygen atoms in total. The van der Waals surface area contributed by atoms with Gasteiger partial charge in [-0.05, 0) is 94.5 Å². The van der Waals surface area contributed by atoms with E-state index in [1.807, 2.05) is 50.8 Å². The average Bonchev–Trinajstić information content (AvgIpc) is 3.74. The number of allylic oxidation sites excluding steroid dienone is 1. The maximum atomic E-state index is 15.5. The molecule has 54 heavy (non-hydrogen) atoms. The lowest BCUT2D eigenvalue weighted by Gasteiger charge is -2.42. The average molecular weight is 731 g/mol. The summed E-state index contributed by atoms with van der Waals surface area (Å²) in [5, 5.41) is 20.6. The van der Waals surface area contributed by atoms with Gasteiger partial charge in [0.15, 0.2) is 5.82 Å². The van der Waals surface area contributed by atoms with Gasteiger partial charge in [-0.2, -0.15) is 10.4 Å². The van der Waals surface area contributed by atoms with E-state index in [0.717, 1.165) is 81.2 Å². The fourth-order valence-corrected chi connectivity index (χ4v) is 7.10. The molecule has 0 bridgehead atoms. The molecule has 12 heteroatoms. The van der Waals surface area contributed by atoms with Gasteiger partial charge in [-0.3, -0.25) is 14.4 Å². The van der Waals surface area contributed by atoms with Gasteiger partial charge in [0.2, 0.25) is 0 Å². The molecule has 2 N–H and O–H groups in total. The number of piperidine rings is 1. The lowest BCUT2D eigenvalue weighted by molar-refractivity contribution is 0.0982. The number of halogens is 1. The Bertz CT molecular complexity index is 2130. The van der Waals surface area contributed by atoms with Crippen LogP contribution in [-0.2, 0) is 19.5 Å². The molecular formula is C42H51FN10O. The molecule has 4 heterocycles. The zero-order valence-electron chi connectivity index (χ0n) is 32.5. The van der Waals surface area contributed by atoms with Crippen LogP contribution in [0.15, 0.2) is 55.0 Å². The largest absolute Gasteiger partial charge is 0.371 e. The van der Waals surface area contributed by atoms with E-state index in [1.165, 1.54) is 12.1 Å². The first-order chi connectivity index (χ1) is 25.8. The van der Waals surface area contributed by atoms with E-state index >= 15 is 4.39 Å². The number of benzene rings is 2. The van der Waals surface area contributed by atoms with Crippen LogP contribution in [0, 0.1) is 35.9 Å². The first kappa shape index (κ1) is 38.3. The third-order valence-corrected chi connectivity index (χ3v) is 10.6. The number of hydrogen-bond acceptors (Lipinski definition) is 8. The molecule has 2 fully saturated rings. The van der Waals surface area contributed by atoms with Gasteiger partial charge in [-0.25, -0.2) is 9.37 Å². The number of nitriles is 1. The summed E-state index contributed by atoms with van der Waals surface area (Å²) in [6.45, 7) is 13.7. The van der Waals surface area contributed by atoms with Gasteiger partial charge in [-0.1, -0.05) is 18.9 Å². The van der Waals surface area contributed by atoms with Crippen LogP contribution in [0.4, 0.5) is 21.5 Å². The van der Waals surface area contributed by atoms with Crippen molar-refractivity contribution >= 4 is 28.7 Å². The highest BCUT2D eigenvalue weighted by atomic mass is 19.1.